The molecule has 6 rings (SSSR count). The molecule has 5 aromatic rings. The summed E-state index contributed by atoms with van der Waals surface area (Å²) >= 11 is 5.78. The van der Waals surface area contributed by atoms with Gasteiger partial charge in [-0.3, -0.25) is 4.79 Å². The summed E-state index contributed by atoms with van der Waals surface area (Å²) in [5.74, 6) is -1.03. The van der Waals surface area contributed by atoms with E-state index in [2.05, 4.69) is 20.3 Å². The number of nitrogens with one attached hydrogen (secondary N) is 1. The molecule has 13 heteroatoms. The minimum atomic E-state index is -0.708. The molecule has 0 radical (unpaired) electrons. The number of ether oxygens (including phenoxy) is 2. The number of aromatic nitrogens is 5. The number of pyridine rings is 1. The van der Waals surface area contributed by atoms with Crippen molar-refractivity contribution >= 4 is 11.6 Å². The van der Waals surface area contributed by atoms with Crippen molar-refractivity contribution in [2.75, 3.05) is 6.61 Å². The molecule has 1 fully saturated rings. The first-order chi connectivity index (χ1) is 19.8. The monoisotopic (exact) mass is 583 g/mol. The SMILES string of the molecule is O=c1cc(-c2nnc(Cc3cc(F)c(-c4cccc(OCc5ccc(Cl)cc5F)n4)cc3F)n2CC2CCO2)o[nH]1. The number of aromatic amines is 1. The summed E-state index contributed by atoms with van der Waals surface area (Å²) in [5.41, 5.74) is -0.0747. The number of hydrogen-bond acceptors (Lipinski definition) is 7. The first-order valence-corrected chi connectivity index (χ1v) is 13.0. The van der Waals surface area contributed by atoms with Crippen molar-refractivity contribution in [2.45, 2.75) is 32.1 Å². The van der Waals surface area contributed by atoms with E-state index < -0.39 is 23.0 Å². The van der Waals surface area contributed by atoms with E-state index in [0.29, 0.717) is 19.0 Å². The van der Waals surface area contributed by atoms with E-state index in [1.54, 1.807) is 10.6 Å². The van der Waals surface area contributed by atoms with E-state index in [-0.39, 0.29) is 64.0 Å². The average Bonchev–Trinajstić information content (AvgIpc) is 3.53. The maximum absolute atomic E-state index is 15.3. The predicted octanol–water partition coefficient (Wildman–Crippen LogP) is 5.32. The van der Waals surface area contributed by atoms with E-state index in [0.717, 1.165) is 18.6 Å². The van der Waals surface area contributed by atoms with E-state index in [1.165, 1.54) is 36.4 Å². The molecule has 1 N–H and O–H groups in total. The van der Waals surface area contributed by atoms with Gasteiger partial charge >= 0.3 is 0 Å². The van der Waals surface area contributed by atoms with Crippen molar-refractivity contribution < 1.29 is 27.2 Å². The van der Waals surface area contributed by atoms with Crippen LogP contribution in [0.1, 0.15) is 23.4 Å². The summed E-state index contributed by atoms with van der Waals surface area (Å²) in [5, 5.41) is 10.7. The van der Waals surface area contributed by atoms with Gasteiger partial charge in [-0.05, 0) is 42.3 Å². The van der Waals surface area contributed by atoms with Gasteiger partial charge in [0.2, 0.25) is 17.5 Å². The standard InChI is InChI=1S/C28H21ClF3N5O4/c29-17-5-4-15(20(30)10-17)14-40-27-3-1-2-23(33-27)19-11-21(31)16(8-22(19)32)9-25-34-35-28(24-12-26(38)36-41-24)37(25)13-18-6-7-39-18/h1-5,8,10-12,18H,6-7,9,13-14H2,(H,36,38). The molecule has 0 saturated carbocycles. The van der Waals surface area contributed by atoms with Crippen LogP contribution in [0.15, 0.2) is 63.9 Å². The van der Waals surface area contributed by atoms with Gasteiger partial charge in [-0.1, -0.05) is 23.7 Å². The lowest BCUT2D eigenvalue weighted by molar-refractivity contribution is -0.0593. The van der Waals surface area contributed by atoms with Crippen LogP contribution in [0.3, 0.4) is 0 Å². The summed E-state index contributed by atoms with van der Waals surface area (Å²) in [6, 6.07) is 12.2. The molecule has 210 valence electrons. The van der Waals surface area contributed by atoms with Crippen molar-refractivity contribution in [1.29, 1.82) is 0 Å². The largest absolute Gasteiger partial charge is 0.473 e. The first-order valence-electron chi connectivity index (χ1n) is 12.6. The molecule has 9 nitrogen and oxygen atoms in total. The second-order valence-corrected chi connectivity index (χ2v) is 9.83. The molecule has 0 spiro atoms. The van der Waals surface area contributed by atoms with Gasteiger partial charge in [0.25, 0.3) is 5.56 Å². The van der Waals surface area contributed by atoms with Crippen LogP contribution in [0.4, 0.5) is 13.2 Å². The fourth-order valence-corrected chi connectivity index (χ4v) is 4.55. The van der Waals surface area contributed by atoms with E-state index in [1.807, 2.05) is 0 Å². The molecule has 0 aliphatic carbocycles. The molecule has 4 heterocycles. The fourth-order valence-electron chi connectivity index (χ4n) is 4.39. The third-order valence-electron chi connectivity index (χ3n) is 6.63. The maximum atomic E-state index is 15.3. The van der Waals surface area contributed by atoms with E-state index in [9.17, 15) is 9.18 Å². The lowest BCUT2D eigenvalue weighted by Gasteiger charge is -2.27. The molecule has 2 aromatic carbocycles. The van der Waals surface area contributed by atoms with Crippen LogP contribution >= 0.6 is 11.6 Å². The fraction of sp³-hybridized carbons (Fsp3) is 0.214. The Labute approximate surface area is 235 Å². The van der Waals surface area contributed by atoms with E-state index >= 15 is 8.78 Å². The van der Waals surface area contributed by atoms with Crippen LogP contribution in [0.5, 0.6) is 5.88 Å². The quantitative estimate of drug-likeness (QED) is 0.250. The lowest BCUT2D eigenvalue weighted by Crippen LogP contribution is -2.32. The number of nitrogens with zero attached hydrogens (tertiary/aromatic N) is 4. The molecular weight excluding hydrogens is 563 g/mol. The van der Waals surface area contributed by atoms with Crippen molar-refractivity contribution in [1.82, 2.24) is 24.9 Å². The zero-order valence-corrected chi connectivity index (χ0v) is 22.0. The molecule has 3 aromatic heterocycles. The molecule has 1 aliphatic rings. The Bertz CT molecular complexity index is 1780. The minimum absolute atomic E-state index is 0.0436. The number of H-pyrrole nitrogens is 1. The number of halogens is 4. The zero-order valence-electron chi connectivity index (χ0n) is 21.2. The van der Waals surface area contributed by atoms with Gasteiger partial charge in [-0.2, -0.15) is 5.16 Å². The van der Waals surface area contributed by atoms with Crippen molar-refractivity contribution in [3.63, 3.8) is 0 Å². The van der Waals surface area contributed by atoms with Crippen LogP contribution < -0.4 is 10.3 Å². The first kappa shape index (κ1) is 26.8. The van der Waals surface area contributed by atoms with Gasteiger partial charge in [0.05, 0.1) is 24.4 Å². The van der Waals surface area contributed by atoms with Gasteiger partial charge in [0, 0.05) is 35.2 Å². The molecule has 1 unspecified atom stereocenters. The molecule has 41 heavy (non-hydrogen) atoms. The second kappa shape index (κ2) is 11.2. The molecule has 1 atom stereocenters. The van der Waals surface area contributed by atoms with Gasteiger partial charge in [0.15, 0.2) is 0 Å². The lowest BCUT2D eigenvalue weighted by atomic mass is 10.0. The summed E-state index contributed by atoms with van der Waals surface area (Å²) in [4.78, 5) is 15.9. The Morgan fingerprint density at radius 3 is 2.59 bits per heavy atom. The van der Waals surface area contributed by atoms with Crippen molar-refractivity contribution in [2.24, 2.45) is 0 Å². The Morgan fingerprint density at radius 1 is 1.02 bits per heavy atom. The van der Waals surface area contributed by atoms with Gasteiger partial charge < -0.3 is 18.6 Å². The Kier molecular flexibility index (Phi) is 7.33. The highest BCUT2D eigenvalue weighted by atomic mass is 35.5. The zero-order chi connectivity index (χ0) is 28.5. The van der Waals surface area contributed by atoms with E-state index in [4.69, 9.17) is 25.6 Å². The Balaban J connectivity index is 1.24. The topological polar surface area (TPSA) is 108 Å². The predicted molar refractivity (Wildman–Crippen MR) is 141 cm³/mol. The second-order valence-electron chi connectivity index (χ2n) is 9.39. The van der Waals surface area contributed by atoms with Crippen LogP contribution in [0.2, 0.25) is 5.02 Å². The van der Waals surface area contributed by atoms with Crippen LogP contribution in [0.25, 0.3) is 22.8 Å². The summed E-state index contributed by atoms with van der Waals surface area (Å²) in [6.07, 6.45) is 0.631. The molecule has 0 amide bonds. The maximum Gasteiger partial charge on any atom is 0.280 e. The Morgan fingerprint density at radius 2 is 1.85 bits per heavy atom. The molecular formula is C28H21ClF3N5O4. The summed E-state index contributed by atoms with van der Waals surface area (Å²) in [6.45, 7) is 0.845. The van der Waals surface area contributed by atoms with Gasteiger partial charge in [0.1, 0.15) is 29.9 Å². The average molecular weight is 584 g/mol. The highest BCUT2D eigenvalue weighted by Crippen LogP contribution is 2.28. The van der Waals surface area contributed by atoms with Gasteiger partial charge in [-0.25, -0.2) is 18.2 Å². The number of hydrogen-bond donors (Lipinski definition) is 1. The van der Waals surface area contributed by atoms with Crippen molar-refractivity contribution in [3.05, 3.63) is 104 Å². The minimum Gasteiger partial charge on any atom is -0.473 e. The summed E-state index contributed by atoms with van der Waals surface area (Å²) < 4.78 is 62.7. The van der Waals surface area contributed by atoms with Crippen LogP contribution in [-0.4, -0.2) is 37.6 Å². The smallest absolute Gasteiger partial charge is 0.280 e. The number of rotatable bonds is 9. The third-order valence-corrected chi connectivity index (χ3v) is 6.86. The highest BCUT2D eigenvalue weighted by molar-refractivity contribution is 6.30. The Hall–Kier alpha value is -4.42. The van der Waals surface area contributed by atoms with Crippen molar-refractivity contribution in [3.8, 4) is 28.7 Å². The van der Waals surface area contributed by atoms with Crippen LogP contribution in [-0.2, 0) is 24.3 Å². The highest BCUT2D eigenvalue weighted by Gasteiger charge is 2.25. The third kappa shape index (κ3) is 5.74. The molecule has 0 bridgehead atoms. The molecule has 1 saturated heterocycles. The normalized spacial score (nSPS) is 14.7. The molecule has 1 aliphatic heterocycles. The summed E-state index contributed by atoms with van der Waals surface area (Å²) in [7, 11) is 0. The number of benzene rings is 2. The van der Waals surface area contributed by atoms with Crippen LogP contribution in [0, 0.1) is 17.5 Å². The van der Waals surface area contributed by atoms with Gasteiger partial charge in [-0.15, -0.1) is 10.2 Å².